The van der Waals surface area contributed by atoms with Gasteiger partial charge in [0, 0.05) is 18.8 Å². The maximum atomic E-state index is 12.5. The molecule has 2 N–H and O–H groups in total. The SMILES string of the molecule is Cc1ccc(O)c(C(=O)Nc2ccc3nc(N4CCOCC4)sc3c2)c1. The highest BCUT2D eigenvalue weighted by Gasteiger charge is 2.16. The number of nitrogens with one attached hydrogen (secondary N) is 1. The molecule has 1 fully saturated rings. The number of phenols is 1. The van der Waals surface area contributed by atoms with Gasteiger partial charge < -0.3 is 20.1 Å². The number of rotatable bonds is 3. The Morgan fingerprint density at radius 3 is 2.85 bits per heavy atom. The van der Waals surface area contributed by atoms with Crippen LogP contribution in [-0.4, -0.2) is 42.3 Å². The lowest BCUT2D eigenvalue weighted by Crippen LogP contribution is -2.36. The van der Waals surface area contributed by atoms with Crippen LogP contribution >= 0.6 is 11.3 Å². The Kier molecular flexibility index (Phi) is 4.48. The van der Waals surface area contributed by atoms with Crippen molar-refractivity contribution in [1.29, 1.82) is 0 Å². The number of anilines is 2. The number of carbonyl (C=O) groups excluding carboxylic acids is 1. The molecule has 1 aromatic heterocycles. The van der Waals surface area contributed by atoms with E-state index in [0.717, 1.165) is 47.2 Å². The van der Waals surface area contributed by atoms with Crippen molar-refractivity contribution in [3.8, 4) is 5.75 Å². The van der Waals surface area contributed by atoms with E-state index >= 15 is 0 Å². The van der Waals surface area contributed by atoms with Gasteiger partial charge in [-0.1, -0.05) is 23.0 Å². The largest absolute Gasteiger partial charge is 0.507 e. The molecule has 0 saturated carbocycles. The molecule has 134 valence electrons. The van der Waals surface area contributed by atoms with Crippen LogP contribution in [0.15, 0.2) is 36.4 Å². The number of benzene rings is 2. The topological polar surface area (TPSA) is 74.7 Å². The number of hydrogen-bond donors (Lipinski definition) is 2. The van der Waals surface area contributed by atoms with Crippen molar-refractivity contribution in [2.45, 2.75) is 6.92 Å². The zero-order valence-electron chi connectivity index (χ0n) is 14.4. The van der Waals surface area contributed by atoms with E-state index in [1.165, 1.54) is 6.07 Å². The van der Waals surface area contributed by atoms with Crippen LogP contribution in [0.5, 0.6) is 5.75 Å². The van der Waals surface area contributed by atoms with Crippen LogP contribution in [0.1, 0.15) is 15.9 Å². The Bertz CT molecular complexity index is 964. The second kappa shape index (κ2) is 6.93. The third-order valence-corrected chi connectivity index (χ3v) is 5.39. The first-order chi connectivity index (χ1) is 12.6. The summed E-state index contributed by atoms with van der Waals surface area (Å²) in [5.41, 5.74) is 2.78. The highest BCUT2D eigenvalue weighted by molar-refractivity contribution is 7.22. The molecular weight excluding hydrogens is 350 g/mol. The number of aryl methyl sites for hydroxylation is 1. The number of thiazole rings is 1. The van der Waals surface area contributed by atoms with Gasteiger partial charge in [-0.3, -0.25) is 4.79 Å². The maximum absolute atomic E-state index is 12.5. The van der Waals surface area contributed by atoms with Crippen LogP contribution in [-0.2, 0) is 4.74 Å². The van der Waals surface area contributed by atoms with E-state index in [4.69, 9.17) is 4.74 Å². The van der Waals surface area contributed by atoms with Crippen molar-refractivity contribution in [2.75, 3.05) is 36.5 Å². The zero-order valence-corrected chi connectivity index (χ0v) is 15.2. The predicted molar refractivity (Wildman–Crippen MR) is 103 cm³/mol. The van der Waals surface area contributed by atoms with Crippen molar-refractivity contribution in [2.24, 2.45) is 0 Å². The van der Waals surface area contributed by atoms with Gasteiger partial charge in [-0.15, -0.1) is 0 Å². The summed E-state index contributed by atoms with van der Waals surface area (Å²) in [4.78, 5) is 19.4. The molecule has 0 atom stereocenters. The second-order valence-corrected chi connectivity index (χ2v) is 7.26. The van der Waals surface area contributed by atoms with Gasteiger partial charge in [0.05, 0.1) is 29.0 Å². The molecule has 4 rings (SSSR count). The van der Waals surface area contributed by atoms with Gasteiger partial charge in [0.15, 0.2) is 5.13 Å². The van der Waals surface area contributed by atoms with Crippen LogP contribution in [0, 0.1) is 6.92 Å². The smallest absolute Gasteiger partial charge is 0.259 e. The summed E-state index contributed by atoms with van der Waals surface area (Å²) in [6, 6.07) is 10.6. The molecule has 7 heteroatoms. The number of aromatic nitrogens is 1. The summed E-state index contributed by atoms with van der Waals surface area (Å²) >= 11 is 1.61. The van der Waals surface area contributed by atoms with Gasteiger partial charge in [-0.2, -0.15) is 0 Å². The molecule has 0 spiro atoms. The molecular formula is C19H19N3O3S. The van der Waals surface area contributed by atoms with Gasteiger partial charge in [-0.25, -0.2) is 4.98 Å². The van der Waals surface area contributed by atoms with Crippen LogP contribution in [0.25, 0.3) is 10.2 Å². The highest BCUT2D eigenvalue weighted by atomic mass is 32.1. The molecule has 0 unspecified atom stereocenters. The van der Waals surface area contributed by atoms with Crippen molar-refractivity contribution in [1.82, 2.24) is 4.98 Å². The number of ether oxygens (including phenoxy) is 1. The molecule has 1 amide bonds. The average Bonchev–Trinajstić information content (AvgIpc) is 3.08. The molecule has 0 radical (unpaired) electrons. The minimum atomic E-state index is -0.330. The van der Waals surface area contributed by atoms with Gasteiger partial charge in [0.25, 0.3) is 5.91 Å². The normalized spacial score (nSPS) is 14.6. The monoisotopic (exact) mass is 369 g/mol. The maximum Gasteiger partial charge on any atom is 0.259 e. The third kappa shape index (κ3) is 3.36. The van der Waals surface area contributed by atoms with Crippen LogP contribution < -0.4 is 10.2 Å². The Morgan fingerprint density at radius 2 is 2.04 bits per heavy atom. The van der Waals surface area contributed by atoms with Crippen LogP contribution in [0.3, 0.4) is 0 Å². The molecule has 0 aliphatic carbocycles. The predicted octanol–water partition coefficient (Wildman–Crippen LogP) is 3.40. The fourth-order valence-corrected chi connectivity index (χ4v) is 3.97. The Morgan fingerprint density at radius 1 is 1.23 bits per heavy atom. The first-order valence-corrected chi connectivity index (χ1v) is 9.26. The quantitative estimate of drug-likeness (QED) is 0.740. The number of carbonyl (C=O) groups is 1. The lowest BCUT2D eigenvalue weighted by Gasteiger charge is -2.25. The number of aromatic hydroxyl groups is 1. The summed E-state index contributed by atoms with van der Waals surface area (Å²) in [6.45, 7) is 5.01. The van der Waals surface area contributed by atoms with Gasteiger partial charge in [0.2, 0.25) is 0 Å². The van der Waals surface area contributed by atoms with Crippen LogP contribution in [0.2, 0.25) is 0 Å². The highest BCUT2D eigenvalue weighted by Crippen LogP contribution is 2.31. The molecule has 1 aliphatic rings. The van der Waals surface area contributed by atoms with Crippen molar-refractivity contribution in [3.63, 3.8) is 0 Å². The van der Waals surface area contributed by atoms with E-state index < -0.39 is 0 Å². The number of fused-ring (bicyclic) bond motifs is 1. The minimum absolute atomic E-state index is 0.0263. The summed E-state index contributed by atoms with van der Waals surface area (Å²) in [5.74, 6) is -0.356. The molecule has 1 saturated heterocycles. The van der Waals surface area contributed by atoms with Crippen molar-refractivity contribution < 1.29 is 14.6 Å². The summed E-state index contributed by atoms with van der Waals surface area (Å²) in [5, 5.41) is 13.7. The first kappa shape index (κ1) is 16.8. The molecule has 2 heterocycles. The molecule has 0 bridgehead atoms. The zero-order chi connectivity index (χ0) is 18.1. The fourth-order valence-electron chi connectivity index (χ4n) is 2.91. The van der Waals surface area contributed by atoms with Crippen molar-refractivity contribution in [3.05, 3.63) is 47.5 Å². The summed E-state index contributed by atoms with van der Waals surface area (Å²) in [6.07, 6.45) is 0. The van der Waals surface area contributed by atoms with E-state index in [1.54, 1.807) is 23.5 Å². The molecule has 1 aliphatic heterocycles. The third-order valence-electron chi connectivity index (χ3n) is 4.31. The average molecular weight is 369 g/mol. The lowest BCUT2D eigenvalue weighted by atomic mass is 10.1. The molecule has 6 nitrogen and oxygen atoms in total. The van der Waals surface area contributed by atoms with Gasteiger partial charge >= 0.3 is 0 Å². The van der Waals surface area contributed by atoms with Gasteiger partial charge in [0.1, 0.15) is 5.75 Å². The van der Waals surface area contributed by atoms with E-state index in [9.17, 15) is 9.90 Å². The summed E-state index contributed by atoms with van der Waals surface area (Å²) < 4.78 is 6.40. The number of phenolic OH excluding ortho intramolecular Hbond substituents is 1. The number of amides is 1. The molecule has 2 aromatic carbocycles. The van der Waals surface area contributed by atoms with Crippen molar-refractivity contribution >= 4 is 38.3 Å². The second-order valence-electron chi connectivity index (χ2n) is 6.25. The Labute approximate surface area is 155 Å². The number of morpholine rings is 1. The van der Waals surface area contributed by atoms with Crippen LogP contribution in [0.4, 0.5) is 10.8 Å². The number of hydrogen-bond acceptors (Lipinski definition) is 6. The summed E-state index contributed by atoms with van der Waals surface area (Å²) in [7, 11) is 0. The van der Waals surface area contributed by atoms with E-state index in [0.29, 0.717) is 5.69 Å². The Hall–Kier alpha value is -2.64. The standard InChI is InChI=1S/C19H19N3O3S/c1-12-2-5-16(23)14(10-12)18(24)20-13-3-4-15-17(11-13)26-19(21-15)22-6-8-25-9-7-22/h2-5,10-11,23H,6-9H2,1H3,(H,20,24). The molecule has 3 aromatic rings. The first-order valence-electron chi connectivity index (χ1n) is 8.44. The Balaban J connectivity index is 1.57. The van der Waals surface area contributed by atoms with E-state index in [2.05, 4.69) is 15.2 Å². The number of nitrogens with zero attached hydrogens (tertiary/aromatic N) is 2. The van der Waals surface area contributed by atoms with Gasteiger partial charge in [-0.05, 0) is 37.3 Å². The fraction of sp³-hybridized carbons (Fsp3) is 0.263. The molecule has 26 heavy (non-hydrogen) atoms. The minimum Gasteiger partial charge on any atom is -0.507 e. The van der Waals surface area contributed by atoms with E-state index in [-0.39, 0.29) is 17.2 Å². The van der Waals surface area contributed by atoms with E-state index in [1.807, 2.05) is 25.1 Å². The lowest BCUT2D eigenvalue weighted by molar-refractivity contribution is 0.102.